The van der Waals surface area contributed by atoms with Crippen LogP contribution in [0.15, 0.2) is 24.3 Å². The van der Waals surface area contributed by atoms with Crippen molar-refractivity contribution in [3.63, 3.8) is 0 Å². The number of benzene rings is 1. The van der Waals surface area contributed by atoms with E-state index in [1.165, 1.54) is 0 Å². The van der Waals surface area contributed by atoms with Gasteiger partial charge in [-0.15, -0.1) is 0 Å². The molecule has 2 aliphatic heterocycles. The molecule has 0 aliphatic carbocycles. The standard InChI is InChI=1S/C36H58N8O12/c45-31(46)23-39-8-4-37(5-9-40(24-32(47)48)13-17-43(16-12-39)27-35(53)54)21-29-2-1-3-30(20-29)22-38-6-10-41(25-33(49)50)14-18-44(28-36(55)56)19-15-42(11-7-38)26-34(51)52/h1-3,20H,4-19,21-28H2,(H,45,46)(H,47,48)(H,49,50)(H,51,52)(H,53,54)(H,55,56). The van der Waals surface area contributed by atoms with Gasteiger partial charge in [-0.1, -0.05) is 24.3 Å². The summed E-state index contributed by atoms with van der Waals surface area (Å²) < 4.78 is 0. The van der Waals surface area contributed by atoms with E-state index in [9.17, 15) is 59.4 Å². The van der Waals surface area contributed by atoms with Gasteiger partial charge in [-0.25, -0.2) is 0 Å². The third kappa shape index (κ3) is 19.5. The fourth-order valence-corrected chi connectivity index (χ4v) is 6.91. The number of hydrogen-bond donors (Lipinski definition) is 6. The van der Waals surface area contributed by atoms with Crippen LogP contribution >= 0.6 is 0 Å². The van der Waals surface area contributed by atoms with E-state index >= 15 is 0 Å². The van der Waals surface area contributed by atoms with E-state index in [0.29, 0.717) is 118 Å². The molecule has 2 aliphatic rings. The zero-order valence-electron chi connectivity index (χ0n) is 32.0. The molecule has 0 unspecified atom stereocenters. The van der Waals surface area contributed by atoms with Gasteiger partial charge in [0.25, 0.3) is 0 Å². The van der Waals surface area contributed by atoms with E-state index in [4.69, 9.17) is 0 Å². The van der Waals surface area contributed by atoms with Crippen LogP contribution in [-0.2, 0) is 41.9 Å². The predicted octanol–water partition coefficient (Wildman–Crippen LogP) is -2.36. The van der Waals surface area contributed by atoms with E-state index in [2.05, 4.69) is 15.9 Å². The highest BCUT2D eigenvalue weighted by molar-refractivity contribution is 5.70. The normalized spacial score (nSPS) is 19.9. The van der Waals surface area contributed by atoms with Crippen LogP contribution in [-0.4, -0.2) is 250 Å². The molecule has 314 valence electrons. The molecule has 0 spiro atoms. The summed E-state index contributed by atoms with van der Waals surface area (Å²) in [6, 6.07) is 7.96. The van der Waals surface area contributed by atoms with Gasteiger partial charge in [-0.2, -0.15) is 0 Å². The summed E-state index contributed by atoms with van der Waals surface area (Å²) in [6.45, 7) is 5.71. The van der Waals surface area contributed by atoms with Gasteiger partial charge in [-0.3, -0.25) is 68.0 Å². The van der Waals surface area contributed by atoms with Crippen LogP contribution in [0.1, 0.15) is 11.1 Å². The van der Waals surface area contributed by atoms with Crippen molar-refractivity contribution in [3.05, 3.63) is 35.4 Å². The lowest BCUT2D eigenvalue weighted by molar-refractivity contribution is -0.140. The van der Waals surface area contributed by atoms with Gasteiger partial charge >= 0.3 is 35.8 Å². The Balaban J connectivity index is 1.79. The minimum Gasteiger partial charge on any atom is -0.480 e. The molecule has 20 heteroatoms. The third-order valence-corrected chi connectivity index (χ3v) is 9.82. The van der Waals surface area contributed by atoms with Crippen molar-refractivity contribution in [2.45, 2.75) is 13.1 Å². The predicted molar refractivity (Wildman–Crippen MR) is 201 cm³/mol. The maximum absolute atomic E-state index is 11.7. The highest BCUT2D eigenvalue weighted by Gasteiger charge is 2.22. The van der Waals surface area contributed by atoms with Gasteiger partial charge in [0.2, 0.25) is 0 Å². The lowest BCUT2D eigenvalue weighted by atomic mass is 10.1. The van der Waals surface area contributed by atoms with Gasteiger partial charge in [0, 0.05) is 118 Å². The second-order valence-corrected chi connectivity index (χ2v) is 14.4. The number of carbonyl (C=O) groups is 6. The number of carboxylic acids is 6. The van der Waals surface area contributed by atoms with Gasteiger partial charge < -0.3 is 30.6 Å². The van der Waals surface area contributed by atoms with Crippen LogP contribution < -0.4 is 0 Å². The summed E-state index contributed by atoms with van der Waals surface area (Å²) >= 11 is 0. The largest absolute Gasteiger partial charge is 0.480 e. The third-order valence-electron chi connectivity index (χ3n) is 9.82. The Bertz CT molecular complexity index is 1290. The van der Waals surface area contributed by atoms with Crippen molar-refractivity contribution in [2.75, 3.05) is 144 Å². The first-order valence-corrected chi connectivity index (χ1v) is 18.8. The quantitative estimate of drug-likeness (QED) is 0.102. The average molecular weight is 795 g/mol. The SMILES string of the molecule is O=C(O)CN1CCN(CC(=O)O)CCN(Cc2cccc(CN3CCN(CC(=O)O)CCN(CC(=O)O)CCN(CC(=O)O)CC3)c2)CCN(CC(=O)O)CC1. The fourth-order valence-electron chi connectivity index (χ4n) is 6.91. The van der Waals surface area contributed by atoms with Crippen molar-refractivity contribution < 1.29 is 59.4 Å². The highest BCUT2D eigenvalue weighted by Crippen LogP contribution is 2.13. The molecule has 0 aromatic heterocycles. The number of nitrogens with zero attached hydrogens (tertiary/aromatic N) is 8. The summed E-state index contributed by atoms with van der Waals surface area (Å²) in [4.78, 5) is 84.6. The molecule has 0 radical (unpaired) electrons. The van der Waals surface area contributed by atoms with Crippen LogP contribution in [0.25, 0.3) is 0 Å². The lowest BCUT2D eigenvalue weighted by Crippen LogP contribution is -2.48. The first kappa shape index (κ1) is 46.1. The molecule has 0 saturated carbocycles. The second-order valence-electron chi connectivity index (χ2n) is 14.4. The molecule has 2 fully saturated rings. The molecular weight excluding hydrogens is 736 g/mol. The molecule has 56 heavy (non-hydrogen) atoms. The number of carboxylic acid groups (broad SMARTS) is 6. The monoisotopic (exact) mass is 794 g/mol. The molecule has 3 rings (SSSR count). The number of rotatable bonds is 16. The Kier molecular flexibility index (Phi) is 20.1. The topological polar surface area (TPSA) is 250 Å². The van der Waals surface area contributed by atoms with Crippen LogP contribution in [0, 0.1) is 0 Å². The van der Waals surface area contributed by atoms with Crippen LogP contribution in [0.4, 0.5) is 0 Å². The smallest absolute Gasteiger partial charge is 0.317 e. The van der Waals surface area contributed by atoms with Crippen molar-refractivity contribution >= 4 is 35.8 Å². The Morgan fingerprint density at radius 3 is 0.696 bits per heavy atom. The van der Waals surface area contributed by atoms with Crippen molar-refractivity contribution in [3.8, 4) is 0 Å². The van der Waals surface area contributed by atoms with Crippen LogP contribution in [0.2, 0.25) is 0 Å². The molecule has 2 heterocycles. The molecule has 20 nitrogen and oxygen atoms in total. The molecule has 6 N–H and O–H groups in total. The zero-order valence-corrected chi connectivity index (χ0v) is 32.0. The van der Waals surface area contributed by atoms with Gasteiger partial charge in [0.05, 0.1) is 39.3 Å². The Morgan fingerprint density at radius 2 is 0.518 bits per heavy atom. The zero-order chi connectivity index (χ0) is 41.0. The van der Waals surface area contributed by atoms with Crippen molar-refractivity contribution in [1.29, 1.82) is 0 Å². The van der Waals surface area contributed by atoms with Gasteiger partial charge in [-0.05, 0) is 11.1 Å². The number of hydrogen-bond acceptors (Lipinski definition) is 14. The molecule has 1 aromatic carbocycles. The Morgan fingerprint density at radius 1 is 0.339 bits per heavy atom. The summed E-state index contributed by atoms with van der Waals surface area (Å²) in [5, 5.41) is 57.1. The summed E-state index contributed by atoms with van der Waals surface area (Å²) in [6.07, 6.45) is 0. The average Bonchev–Trinajstić information content (AvgIpc) is 3.09. The lowest BCUT2D eigenvalue weighted by Gasteiger charge is -2.33. The fraction of sp³-hybridized carbons (Fsp3) is 0.667. The molecule has 0 atom stereocenters. The van der Waals surface area contributed by atoms with E-state index in [1.807, 2.05) is 18.2 Å². The summed E-state index contributed by atoms with van der Waals surface area (Å²) in [7, 11) is 0. The van der Waals surface area contributed by atoms with Crippen molar-refractivity contribution in [1.82, 2.24) is 39.2 Å². The van der Waals surface area contributed by atoms with Gasteiger partial charge in [0.15, 0.2) is 0 Å². The van der Waals surface area contributed by atoms with E-state index in [0.717, 1.165) is 11.1 Å². The number of aliphatic carboxylic acids is 6. The first-order valence-electron chi connectivity index (χ1n) is 18.8. The van der Waals surface area contributed by atoms with Crippen molar-refractivity contribution in [2.24, 2.45) is 0 Å². The minimum atomic E-state index is -1.02. The Labute approximate surface area is 326 Å². The molecular formula is C36H58N8O12. The van der Waals surface area contributed by atoms with E-state index in [-0.39, 0.29) is 39.3 Å². The van der Waals surface area contributed by atoms with Gasteiger partial charge in [0.1, 0.15) is 0 Å². The Hall–Kier alpha value is -4.28. The summed E-state index contributed by atoms with van der Waals surface area (Å²) in [5.74, 6) is -6.01. The maximum atomic E-state index is 11.7. The van der Waals surface area contributed by atoms with E-state index in [1.54, 1.807) is 29.4 Å². The maximum Gasteiger partial charge on any atom is 0.317 e. The van der Waals surface area contributed by atoms with Crippen LogP contribution in [0.3, 0.4) is 0 Å². The molecule has 0 amide bonds. The van der Waals surface area contributed by atoms with Crippen LogP contribution in [0.5, 0.6) is 0 Å². The minimum absolute atomic E-state index is 0.209. The highest BCUT2D eigenvalue weighted by atomic mass is 16.4. The first-order chi connectivity index (χ1) is 26.6. The summed E-state index contributed by atoms with van der Waals surface area (Å²) in [5.41, 5.74) is 1.95. The molecule has 0 bridgehead atoms. The molecule has 1 aromatic rings. The second kappa shape index (κ2) is 24.4. The van der Waals surface area contributed by atoms with E-state index < -0.39 is 35.8 Å². The molecule has 2 saturated heterocycles.